The average Bonchev–Trinajstić information content (AvgIpc) is 2.40. The second kappa shape index (κ2) is 1.72. The van der Waals surface area contributed by atoms with Crippen LogP contribution in [0.3, 0.4) is 0 Å². The van der Waals surface area contributed by atoms with Gasteiger partial charge in [0, 0.05) is 31.6 Å². The van der Waals surface area contributed by atoms with E-state index in [-0.39, 0.29) is 11.4 Å². The van der Waals surface area contributed by atoms with Crippen LogP contribution in [-0.4, -0.2) is 36.0 Å². The van der Waals surface area contributed by atoms with E-state index in [4.69, 9.17) is 0 Å². The highest BCUT2D eigenvalue weighted by Gasteiger charge is 2.49. The van der Waals surface area contributed by atoms with Crippen LogP contribution in [0.2, 0.25) is 0 Å². The van der Waals surface area contributed by atoms with E-state index < -0.39 is 0 Å². The highest BCUT2D eigenvalue weighted by Crippen LogP contribution is 2.35. The topological polar surface area (TPSA) is 32.1 Å². The molecule has 0 bridgehead atoms. The molecule has 0 spiro atoms. The highest BCUT2D eigenvalue weighted by atomic mass is 16.1. The Bertz CT molecular complexity index is 180. The fourth-order valence-electron chi connectivity index (χ4n) is 1.63. The number of rotatable bonds is 0. The highest BCUT2D eigenvalue weighted by molar-refractivity contribution is 5.78. The number of fused-ring (bicyclic) bond motifs is 1. The van der Waals surface area contributed by atoms with Gasteiger partial charge in [-0.1, -0.05) is 0 Å². The van der Waals surface area contributed by atoms with Gasteiger partial charge in [-0.15, -0.1) is 0 Å². The van der Waals surface area contributed by atoms with Crippen molar-refractivity contribution in [2.75, 3.05) is 19.6 Å². The molecule has 0 aromatic heterocycles. The molecule has 56 valence electrons. The molecule has 1 N–H and O–H groups in total. The first-order chi connectivity index (χ1) is 4.71. The maximum Gasteiger partial charge on any atom is 0.221 e. The molecule has 3 nitrogen and oxygen atoms in total. The predicted octanol–water partition coefficient (Wildman–Crippen LogP) is -0.419. The van der Waals surface area contributed by atoms with Gasteiger partial charge in [-0.2, -0.15) is 0 Å². The van der Waals surface area contributed by atoms with Crippen molar-refractivity contribution in [3.8, 4) is 0 Å². The number of nitrogens with zero attached hydrogens (tertiary/aromatic N) is 1. The monoisotopic (exact) mass is 140 g/mol. The molecule has 0 aliphatic carbocycles. The molecule has 2 atom stereocenters. The van der Waals surface area contributed by atoms with Crippen molar-refractivity contribution in [2.24, 2.45) is 0 Å². The minimum absolute atomic E-state index is 0.211. The van der Waals surface area contributed by atoms with Crippen LogP contribution in [-0.2, 0) is 4.79 Å². The lowest BCUT2D eigenvalue weighted by Gasteiger charge is -2.03. The lowest BCUT2D eigenvalue weighted by molar-refractivity contribution is -0.121. The van der Waals surface area contributed by atoms with Crippen LogP contribution in [0.15, 0.2) is 0 Å². The van der Waals surface area contributed by atoms with Crippen LogP contribution >= 0.6 is 0 Å². The zero-order chi connectivity index (χ0) is 7.19. The van der Waals surface area contributed by atoms with Gasteiger partial charge in [0.05, 0.1) is 0 Å². The van der Waals surface area contributed by atoms with Crippen molar-refractivity contribution in [3.63, 3.8) is 0 Å². The molecule has 2 aliphatic rings. The molecule has 2 rings (SSSR count). The maximum absolute atomic E-state index is 11.0. The van der Waals surface area contributed by atoms with Crippen LogP contribution in [0, 0.1) is 0 Å². The van der Waals surface area contributed by atoms with Crippen LogP contribution in [0.25, 0.3) is 0 Å². The summed E-state index contributed by atoms with van der Waals surface area (Å²) in [4.78, 5) is 13.3. The van der Waals surface area contributed by atoms with Crippen LogP contribution in [0.1, 0.15) is 13.3 Å². The molecule has 2 heterocycles. The average molecular weight is 140 g/mol. The van der Waals surface area contributed by atoms with Gasteiger partial charge in [0.1, 0.15) is 0 Å². The van der Waals surface area contributed by atoms with Crippen molar-refractivity contribution in [2.45, 2.75) is 18.9 Å². The summed E-state index contributed by atoms with van der Waals surface area (Å²) in [5.41, 5.74) is 0.223. The van der Waals surface area contributed by atoms with E-state index >= 15 is 0 Å². The Hall–Kier alpha value is -0.570. The summed E-state index contributed by atoms with van der Waals surface area (Å²) in [7, 11) is 0. The summed E-state index contributed by atoms with van der Waals surface area (Å²) < 4.78 is 0. The van der Waals surface area contributed by atoms with E-state index in [0.29, 0.717) is 6.42 Å². The van der Waals surface area contributed by atoms with Gasteiger partial charge in [-0.3, -0.25) is 9.69 Å². The first kappa shape index (κ1) is 6.16. The van der Waals surface area contributed by atoms with E-state index in [9.17, 15) is 4.79 Å². The number of amides is 1. The Morgan fingerprint density at radius 2 is 2.50 bits per heavy atom. The zero-order valence-electron chi connectivity index (χ0n) is 6.18. The lowest BCUT2D eigenvalue weighted by atomic mass is 10.1. The number of nitrogens with one attached hydrogen (secondary N) is 1. The van der Waals surface area contributed by atoms with Crippen LogP contribution in [0.4, 0.5) is 0 Å². The molecule has 10 heavy (non-hydrogen) atoms. The molecule has 2 saturated heterocycles. The van der Waals surface area contributed by atoms with E-state index in [0.717, 1.165) is 19.6 Å². The van der Waals surface area contributed by atoms with Gasteiger partial charge >= 0.3 is 0 Å². The van der Waals surface area contributed by atoms with Gasteiger partial charge in [0.15, 0.2) is 0 Å². The van der Waals surface area contributed by atoms with Crippen molar-refractivity contribution in [1.82, 2.24) is 10.2 Å². The van der Waals surface area contributed by atoms with Crippen molar-refractivity contribution < 1.29 is 4.79 Å². The van der Waals surface area contributed by atoms with Crippen molar-refractivity contribution in [1.29, 1.82) is 0 Å². The molecule has 0 aromatic rings. The van der Waals surface area contributed by atoms with E-state index in [1.54, 1.807) is 0 Å². The third kappa shape index (κ3) is 0.814. The standard InChI is InChI=1S/C7H12N2O/c1-7-4-6(10)8-2-3-9(7)5-7/h2-5H2,1H3,(H,8,10). The molecule has 2 fully saturated rings. The van der Waals surface area contributed by atoms with Gasteiger partial charge in [0.25, 0.3) is 0 Å². The van der Waals surface area contributed by atoms with Crippen LogP contribution < -0.4 is 5.32 Å². The van der Waals surface area contributed by atoms with Crippen molar-refractivity contribution in [3.05, 3.63) is 0 Å². The fraction of sp³-hybridized carbons (Fsp3) is 0.857. The largest absolute Gasteiger partial charge is 0.355 e. The Kier molecular flexibility index (Phi) is 1.06. The van der Waals surface area contributed by atoms with E-state index in [2.05, 4.69) is 17.1 Å². The summed E-state index contributed by atoms with van der Waals surface area (Å²) in [5, 5.41) is 2.85. The van der Waals surface area contributed by atoms with Gasteiger partial charge in [0.2, 0.25) is 5.91 Å². The molecule has 1 amide bonds. The van der Waals surface area contributed by atoms with Gasteiger partial charge < -0.3 is 5.32 Å². The minimum Gasteiger partial charge on any atom is -0.355 e. The Morgan fingerprint density at radius 3 is 3.30 bits per heavy atom. The maximum atomic E-state index is 11.0. The molecule has 0 aromatic carbocycles. The summed E-state index contributed by atoms with van der Waals surface area (Å²) in [5.74, 6) is 0.211. The van der Waals surface area contributed by atoms with Crippen LogP contribution in [0.5, 0.6) is 0 Å². The number of hydrogen-bond donors (Lipinski definition) is 1. The summed E-state index contributed by atoms with van der Waals surface area (Å²) in [6.07, 6.45) is 0.688. The molecule has 0 saturated carbocycles. The second-order valence-electron chi connectivity index (χ2n) is 3.45. The number of carbonyl (C=O) groups excluding carboxylic acids is 1. The fourth-order valence-corrected chi connectivity index (χ4v) is 1.63. The molecule has 0 radical (unpaired) electrons. The van der Waals surface area contributed by atoms with Gasteiger partial charge in [-0.05, 0) is 6.92 Å². The lowest BCUT2D eigenvalue weighted by Crippen LogP contribution is -2.26. The van der Waals surface area contributed by atoms with E-state index in [1.807, 2.05) is 0 Å². The normalized spacial score (nSPS) is 45.3. The molecule has 3 heteroatoms. The first-order valence-corrected chi connectivity index (χ1v) is 3.72. The third-order valence-corrected chi connectivity index (χ3v) is 2.44. The summed E-state index contributed by atoms with van der Waals surface area (Å²) in [6.45, 7) is 5.12. The third-order valence-electron chi connectivity index (χ3n) is 2.44. The molecule has 2 unspecified atom stereocenters. The SMILES string of the molecule is CC12CC(=O)NCCN1C2. The smallest absolute Gasteiger partial charge is 0.221 e. The quantitative estimate of drug-likeness (QED) is 0.463. The summed E-state index contributed by atoms with van der Waals surface area (Å²) >= 11 is 0. The Labute approximate surface area is 60.4 Å². The zero-order valence-corrected chi connectivity index (χ0v) is 6.18. The number of carbonyl (C=O) groups is 1. The summed E-state index contributed by atoms with van der Waals surface area (Å²) in [6, 6.07) is 0. The van der Waals surface area contributed by atoms with E-state index in [1.165, 1.54) is 0 Å². The number of hydrogen-bond acceptors (Lipinski definition) is 2. The second-order valence-corrected chi connectivity index (χ2v) is 3.45. The Morgan fingerprint density at radius 1 is 1.70 bits per heavy atom. The molecular formula is C7H12N2O. The van der Waals surface area contributed by atoms with Crippen molar-refractivity contribution >= 4 is 5.91 Å². The molecular weight excluding hydrogens is 128 g/mol. The Balaban J connectivity index is 2.09. The minimum atomic E-state index is 0.211. The first-order valence-electron chi connectivity index (χ1n) is 3.72. The van der Waals surface area contributed by atoms with Gasteiger partial charge in [-0.25, -0.2) is 0 Å². The molecule has 2 aliphatic heterocycles. The predicted molar refractivity (Wildman–Crippen MR) is 37.6 cm³/mol.